The van der Waals surface area contributed by atoms with Crippen LogP contribution in [0.15, 0.2) is 12.4 Å². The van der Waals surface area contributed by atoms with Gasteiger partial charge in [-0.2, -0.15) is 16.9 Å². The molecule has 0 fully saturated rings. The highest BCUT2D eigenvalue weighted by atomic mass is 32.2. The summed E-state index contributed by atoms with van der Waals surface area (Å²) in [4.78, 5) is 2.55. The quantitative estimate of drug-likeness (QED) is 0.643. The molecule has 104 valence electrons. The second-order valence-corrected chi connectivity index (χ2v) is 6.17. The molecule has 0 unspecified atom stereocenters. The van der Waals surface area contributed by atoms with Gasteiger partial charge in [0.1, 0.15) is 0 Å². The summed E-state index contributed by atoms with van der Waals surface area (Å²) in [7, 11) is 0. The van der Waals surface area contributed by atoms with Crippen LogP contribution < -0.4 is 0 Å². The van der Waals surface area contributed by atoms with Crippen LogP contribution in [0.2, 0.25) is 0 Å². The van der Waals surface area contributed by atoms with E-state index in [4.69, 9.17) is 0 Å². The van der Waals surface area contributed by atoms with Crippen molar-refractivity contribution in [3.05, 3.63) is 18.0 Å². The van der Waals surface area contributed by atoms with Crippen molar-refractivity contribution < 1.29 is 0 Å². The SMILES string of the molecule is CCn1cc(CN(CCCSC)CC(C)C)cn1. The minimum absolute atomic E-state index is 0.723. The van der Waals surface area contributed by atoms with Crippen LogP contribution >= 0.6 is 11.8 Å². The fourth-order valence-electron chi connectivity index (χ4n) is 2.10. The molecule has 0 amide bonds. The lowest BCUT2D eigenvalue weighted by Gasteiger charge is -2.23. The van der Waals surface area contributed by atoms with E-state index in [0.29, 0.717) is 0 Å². The zero-order valence-corrected chi connectivity index (χ0v) is 13.0. The van der Waals surface area contributed by atoms with Crippen LogP contribution in [0.5, 0.6) is 0 Å². The molecule has 0 aliphatic carbocycles. The molecule has 0 radical (unpaired) electrons. The molecule has 4 heteroatoms. The lowest BCUT2D eigenvalue weighted by atomic mass is 10.2. The van der Waals surface area contributed by atoms with E-state index in [1.54, 1.807) is 0 Å². The fraction of sp³-hybridized carbons (Fsp3) is 0.786. The molecule has 0 aliphatic rings. The van der Waals surface area contributed by atoms with Crippen molar-refractivity contribution in [2.45, 2.75) is 40.3 Å². The van der Waals surface area contributed by atoms with Crippen molar-refractivity contribution in [1.82, 2.24) is 14.7 Å². The van der Waals surface area contributed by atoms with Crippen molar-refractivity contribution in [1.29, 1.82) is 0 Å². The van der Waals surface area contributed by atoms with Gasteiger partial charge in [0.25, 0.3) is 0 Å². The topological polar surface area (TPSA) is 21.1 Å². The normalized spacial score (nSPS) is 11.7. The molecule has 0 N–H and O–H groups in total. The van der Waals surface area contributed by atoms with E-state index in [1.165, 1.54) is 30.8 Å². The van der Waals surface area contributed by atoms with Crippen LogP contribution in [0.1, 0.15) is 32.8 Å². The number of nitrogens with zero attached hydrogens (tertiary/aromatic N) is 3. The summed E-state index contributed by atoms with van der Waals surface area (Å²) in [6, 6.07) is 0. The molecular weight excluding hydrogens is 242 g/mol. The van der Waals surface area contributed by atoms with Crippen LogP contribution in [0.3, 0.4) is 0 Å². The molecule has 0 aromatic carbocycles. The third kappa shape index (κ3) is 5.91. The second kappa shape index (κ2) is 8.59. The Morgan fingerprint density at radius 3 is 2.78 bits per heavy atom. The summed E-state index contributed by atoms with van der Waals surface area (Å²) in [5, 5.41) is 4.35. The summed E-state index contributed by atoms with van der Waals surface area (Å²) >= 11 is 1.93. The number of hydrogen-bond acceptors (Lipinski definition) is 3. The van der Waals surface area contributed by atoms with Crippen molar-refractivity contribution in [2.24, 2.45) is 5.92 Å². The number of aromatic nitrogens is 2. The highest BCUT2D eigenvalue weighted by Crippen LogP contribution is 2.09. The molecule has 1 aromatic rings. The average molecular weight is 269 g/mol. The minimum atomic E-state index is 0.723. The first-order valence-corrected chi connectivity index (χ1v) is 8.27. The third-order valence-electron chi connectivity index (χ3n) is 2.86. The summed E-state index contributed by atoms with van der Waals surface area (Å²) in [6.07, 6.45) is 7.63. The van der Waals surface area contributed by atoms with E-state index in [1.807, 2.05) is 22.6 Å². The Kier molecular flexibility index (Phi) is 7.44. The van der Waals surface area contributed by atoms with Crippen molar-refractivity contribution >= 4 is 11.8 Å². The summed E-state index contributed by atoms with van der Waals surface area (Å²) < 4.78 is 2.00. The first-order chi connectivity index (χ1) is 8.65. The van der Waals surface area contributed by atoms with Gasteiger partial charge in [0, 0.05) is 31.4 Å². The van der Waals surface area contributed by atoms with Crippen LogP contribution in [0, 0.1) is 5.92 Å². The Morgan fingerprint density at radius 2 is 2.22 bits per heavy atom. The van der Waals surface area contributed by atoms with Gasteiger partial charge in [0.15, 0.2) is 0 Å². The monoisotopic (exact) mass is 269 g/mol. The number of aryl methyl sites for hydroxylation is 1. The molecule has 0 saturated heterocycles. The lowest BCUT2D eigenvalue weighted by Crippen LogP contribution is -2.28. The average Bonchev–Trinajstić information content (AvgIpc) is 2.76. The maximum atomic E-state index is 4.35. The second-order valence-electron chi connectivity index (χ2n) is 5.18. The van der Waals surface area contributed by atoms with Crippen LogP contribution in [-0.2, 0) is 13.1 Å². The number of hydrogen-bond donors (Lipinski definition) is 0. The van der Waals surface area contributed by atoms with E-state index in [2.05, 4.69) is 43.2 Å². The van der Waals surface area contributed by atoms with Gasteiger partial charge in [-0.15, -0.1) is 0 Å². The Labute approximate surface area is 116 Å². The molecule has 0 atom stereocenters. The minimum Gasteiger partial charge on any atom is -0.299 e. The summed E-state index contributed by atoms with van der Waals surface area (Å²) in [6.45, 7) is 11.1. The predicted molar refractivity (Wildman–Crippen MR) is 81.0 cm³/mol. The Hall–Kier alpha value is -0.480. The maximum absolute atomic E-state index is 4.35. The molecule has 1 rings (SSSR count). The molecule has 1 aromatic heterocycles. The highest BCUT2D eigenvalue weighted by Gasteiger charge is 2.09. The van der Waals surface area contributed by atoms with Crippen molar-refractivity contribution in [3.63, 3.8) is 0 Å². The molecule has 18 heavy (non-hydrogen) atoms. The summed E-state index contributed by atoms with van der Waals surface area (Å²) in [5.74, 6) is 1.98. The van der Waals surface area contributed by atoms with E-state index < -0.39 is 0 Å². The number of rotatable bonds is 9. The van der Waals surface area contributed by atoms with Crippen LogP contribution in [0.4, 0.5) is 0 Å². The van der Waals surface area contributed by atoms with Gasteiger partial charge < -0.3 is 0 Å². The standard InChI is InChI=1S/C14H27N3S/c1-5-17-12-14(9-15-17)11-16(10-13(2)3)7-6-8-18-4/h9,12-13H,5-8,10-11H2,1-4H3. The van der Waals surface area contributed by atoms with Gasteiger partial charge in [0.2, 0.25) is 0 Å². The van der Waals surface area contributed by atoms with E-state index in [9.17, 15) is 0 Å². The molecular formula is C14H27N3S. The number of thioether (sulfide) groups is 1. The van der Waals surface area contributed by atoms with E-state index in [0.717, 1.165) is 19.0 Å². The van der Waals surface area contributed by atoms with Gasteiger partial charge in [0.05, 0.1) is 6.20 Å². The van der Waals surface area contributed by atoms with E-state index >= 15 is 0 Å². The van der Waals surface area contributed by atoms with Crippen LogP contribution in [0.25, 0.3) is 0 Å². The molecule has 0 spiro atoms. The summed E-state index contributed by atoms with van der Waals surface area (Å²) in [5.41, 5.74) is 1.33. The zero-order valence-electron chi connectivity index (χ0n) is 12.2. The maximum Gasteiger partial charge on any atom is 0.0534 e. The third-order valence-corrected chi connectivity index (χ3v) is 3.56. The first kappa shape index (κ1) is 15.6. The molecule has 1 heterocycles. The molecule has 3 nitrogen and oxygen atoms in total. The largest absolute Gasteiger partial charge is 0.299 e. The highest BCUT2D eigenvalue weighted by molar-refractivity contribution is 7.98. The Morgan fingerprint density at radius 1 is 1.44 bits per heavy atom. The fourth-order valence-corrected chi connectivity index (χ4v) is 2.52. The van der Waals surface area contributed by atoms with Gasteiger partial charge in [-0.25, -0.2) is 0 Å². The Balaban J connectivity index is 2.48. The van der Waals surface area contributed by atoms with Crippen molar-refractivity contribution in [3.8, 4) is 0 Å². The first-order valence-electron chi connectivity index (χ1n) is 6.88. The smallest absolute Gasteiger partial charge is 0.0534 e. The zero-order chi connectivity index (χ0) is 13.4. The van der Waals surface area contributed by atoms with Crippen LogP contribution in [-0.4, -0.2) is 39.8 Å². The predicted octanol–water partition coefficient (Wildman–Crippen LogP) is 3.11. The van der Waals surface area contributed by atoms with Gasteiger partial charge in [-0.05, 0) is 37.8 Å². The van der Waals surface area contributed by atoms with E-state index in [-0.39, 0.29) is 0 Å². The molecule has 0 aliphatic heterocycles. The molecule has 0 bridgehead atoms. The van der Waals surface area contributed by atoms with Gasteiger partial charge in [-0.3, -0.25) is 9.58 Å². The Bertz CT molecular complexity index is 323. The van der Waals surface area contributed by atoms with Crippen molar-refractivity contribution in [2.75, 3.05) is 25.1 Å². The van der Waals surface area contributed by atoms with Gasteiger partial charge in [-0.1, -0.05) is 13.8 Å². The lowest BCUT2D eigenvalue weighted by molar-refractivity contribution is 0.237. The van der Waals surface area contributed by atoms with Gasteiger partial charge >= 0.3 is 0 Å². The molecule has 0 saturated carbocycles.